The molecule has 26 heavy (non-hydrogen) atoms. The highest BCUT2D eigenvalue weighted by atomic mass is 16.5. The molecule has 0 aliphatic heterocycles. The number of rotatable bonds is 2. The van der Waals surface area contributed by atoms with E-state index in [1.165, 1.54) is 18.9 Å². The quantitative estimate of drug-likeness (QED) is 0.516. The van der Waals surface area contributed by atoms with Gasteiger partial charge in [-0.2, -0.15) is 0 Å². The molecule has 3 heteroatoms. The van der Waals surface area contributed by atoms with Crippen LogP contribution in [0.3, 0.4) is 0 Å². The second kappa shape index (κ2) is 6.07. The van der Waals surface area contributed by atoms with Gasteiger partial charge in [-0.25, -0.2) is 0 Å². The molecule has 0 saturated heterocycles. The van der Waals surface area contributed by atoms with Crippen molar-refractivity contribution in [2.75, 3.05) is 0 Å². The maximum absolute atomic E-state index is 12.2. The Balaban J connectivity index is 1.61. The summed E-state index contributed by atoms with van der Waals surface area (Å²) in [6.45, 7) is 8.07. The van der Waals surface area contributed by atoms with Crippen molar-refractivity contribution in [1.29, 1.82) is 0 Å². The standard InChI is InChI=1S/C23H32O3/c1-14(24)19-7-8-20-18-6-5-16-13-17(26-15(2)25)9-11-22(16,3)21(18)10-12-23(19,20)4/h5,8,17-19,21H,6-7,9-13H2,1-4H3/t17-,18-,19+,21-,22-,23+/m1/s1. The van der Waals surface area contributed by atoms with Gasteiger partial charge in [0.05, 0.1) is 0 Å². The van der Waals surface area contributed by atoms with Crippen LogP contribution in [0.15, 0.2) is 23.3 Å². The first-order chi connectivity index (χ1) is 12.3. The van der Waals surface area contributed by atoms with E-state index in [1.54, 1.807) is 12.5 Å². The molecule has 4 aliphatic rings. The third-order valence-corrected chi connectivity index (χ3v) is 8.29. The molecule has 3 nitrogen and oxygen atoms in total. The summed E-state index contributed by atoms with van der Waals surface area (Å²) in [6, 6.07) is 0. The van der Waals surface area contributed by atoms with Gasteiger partial charge in [-0.05, 0) is 68.1 Å². The Labute approximate surface area is 157 Å². The number of ether oxygens (including phenoxy) is 1. The van der Waals surface area contributed by atoms with Crippen LogP contribution in [-0.4, -0.2) is 17.9 Å². The zero-order valence-electron chi connectivity index (χ0n) is 16.6. The third kappa shape index (κ3) is 2.53. The Bertz CT molecular complexity index is 702. The molecule has 142 valence electrons. The van der Waals surface area contributed by atoms with E-state index in [-0.39, 0.29) is 28.8 Å². The van der Waals surface area contributed by atoms with Gasteiger partial charge in [0.1, 0.15) is 11.9 Å². The van der Waals surface area contributed by atoms with E-state index in [1.807, 2.05) is 0 Å². The van der Waals surface area contributed by atoms with E-state index in [0.29, 0.717) is 17.6 Å². The van der Waals surface area contributed by atoms with Crippen molar-refractivity contribution in [2.45, 2.75) is 78.7 Å². The number of Topliss-reactive ketones (excluding diaryl/α,β-unsaturated/α-hetero) is 1. The van der Waals surface area contributed by atoms with Crippen LogP contribution in [0, 0.1) is 28.6 Å². The van der Waals surface area contributed by atoms with Crippen LogP contribution >= 0.6 is 0 Å². The number of hydrogen-bond donors (Lipinski definition) is 0. The Kier molecular flexibility index (Phi) is 4.20. The fraction of sp³-hybridized carbons (Fsp3) is 0.739. The number of ketones is 1. The Hall–Kier alpha value is -1.38. The minimum absolute atomic E-state index is 0.0602. The van der Waals surface area contributed by atoms with Crippen molar-refractivity contribution in [3.8, 4) is 0 Å². The summed E-state index contributed by atoms with van der Waals surface area (Å²) in [5.41, 5.74) is 3.41. The minimum Gasteiger partial charge on any atom is -0.462 e. The monoisotopic (exact) mass is 356 g/mol. The van der Waals surface area contributed by atoms with Crippen LogP contribution in [0.1, 0.15) is 72.6 Å². The van der Waals surface area contributed by atoms with Crippen molar-refractivity contribution in [3.63, 3.8) is 0 Å². The number of carbonyl (C=O) groups is 2. The van der Waals surface area contributed by atoms with Gasteiger partial charge in [-0.3, -0.25) is 9.59 Å². The summed E-state index contributed by atoms with van der Waals surface area (Å²) >= 11 is 0. The molecule has 0 heterocycles. The topological polar surface area (TPSA) is 43.4 Å². The summed E-state index contributed by atoms with van der Waals surface area (Å²) in [5, 5.41) is 0. The smallest absolute Gasteiger partial charge is 0.302 e. The van der Waals surface area contributed by atoms with Gasteiger partial charge < -0.3 is 4.74 Å². The van der Waals surface area contributed by atoms with Crippen molar-refractivity contribution in [3.05, 3.63) is 23.3 Å². The normalized spacial score (nSPS) is 44.2. The summed E-state index contributed by atoms with van der Waals surface area (Å²) in [5.74, 6) is 1.66. The molecule has 4 aliphatic carbocycles. The summed E-state index contributed by atoms with van der Waals surface area (Å²) in [7, 11) is 0. The molecule has 0 spiro atoms. The van der Waals surface area contributed by atoms with Crippen LogP contribution in [0.25, 0.3) is 0 Å². The summed E-state index contributed by atoms with van der Waals surface area (Å²) < 4.78 is 5.52. The predicted molar refractivity (Wildman–Crippen MR) is 101 cm³/mol. The van der Waals surface area contributed by atoms with Gasteiger partial charge in [0.15, 0.2) is 0 Å². The number of allylic oxidation sites excluding steroid dienone is 3. The van der Waals surface area contributed by atoms with Gasteiger partial charge in [0, 0.05) is 19.3 Å². The molecule has 6 atom stereocenters. The first kappa shape index (κ1) is 18.0. The molecular formula is C23H32O3. The molecular weight excluding hydrogens is 324 g/mol. The Morgan fingerprint density at radius 2 is 1.77 bits per heavy atom. The largest absolute Gasteiger partial charge is 0.462 e. The van der Waals surface area contributed by atoms with E-state index >= 15 is 0 Å². The zero-order chi connectivity index (χ0) is 18.7. The molecule has 2 fully saturated rings. The van der Waals surface area contributed by atoms with Crippen molar-refractivity contribution >= 4 is 11.8 Å². The SMILES string of the molecule is CC(=O)O[C@@H]1CC[C@]2(C)C(=CC[C@@H]3C4=CC[C@@H](C(C)=O)[C@]4(C)CC[C@H]32)C1. The fourth-order valence-corrected chi connectivity index (χ4v) is 6.92. The molecule has 0 aromatic carbocycles. The van der Waals surface area contributed by atoms with Crippen LogP contribution in [0.4, 0.5) is 0 Å². The van der Waals surface area contributed by atoms with E-state index in [0.717, 1.165) is 38.5 Å². The highest BCUT2D eigenvalue weighted by Gasteiger charge is 2.56. The number of fused-ring (bicyclic) bond motifs is 5. The lowest BCUT2D eigenvalue weighted by Crippen LogP contribution is -2.48. The van der Waals surface area contributed by atoms with Gasteiger partial charge in [-0.15, -0.1) is 0 Å². The van der Waals surface area contributed by atoms with Crippen molar-refractivity contribution < 1.29 is 14.3 Å². The van der Waals surface area contributed by atoms with Gasteiger partial charge >= 0.3 is 5.97 Å². The first-order valence-corrected chi connectivity index (χ1v) is 10.3. The Morgan fingerprint density at radius 1 is 1.04 bits per heavy atom. The molecule has 0 radical (unpaired) electrons. The van der Waals surface area contributed by atoms with Crippen LogP contribution < -0.4 is 0 Å². The van der Waals surface area contributed by atoms with E-state index in [4.69, 9.17) is 4.74 Å². The molecule has 2 saturated carbocycles. The lowest BCUT2D eigenvalue weighted by molar-refractivity contribution is -0.148. The summed E-state index contributed by atoms with van der Waals surface area (Å²) in [4.78, 5) is 23.5. The molecule has 0 aromatic rings. The molecule has 4 rings (SSSR count). The van der Waals surface area contributed by atoms with Gasteiger partial charge in [0.2, 0.25) is 0 Å². The van der Waals surface area contributed by atoms with Gasteiger partial charge in [-0.1, -0.05) is 37.1 Å². The summed E-state index contributed by atoms with van der Waals surface area (Å²) in [6.07, 6.45) is 12.3. The number of esters is 1. The molecule has 0 unspecified atom stereocenters. The molecule has 0 N–H and O–H groups in total. The average Bonchev–Trinajstić information content (AvgIpc) is 2.92. The second-order valence-electron chi connectivity index (χ2n) is 9.58. The average molecular weight is 357 g/mol. The van der Waals surface area contributed by atoms with E-state index in [9.17, 15) is 9.59 Å². The lowest BCUT2D eigenvalue weighted by atomic mass is 9.48. The minimum atomic E-state index is -0.160. The third-order valence-electron chi connectivity index (χ3n) is 8.29. The fourth-order valence-electron chi connectivity index (χ4n) is 6.92. The first-order valence-electron chi connectivity index (χ1n) is 10.3. The van der Waals surface area contributed by atoms with E-state index in [2.05, 4.69) is 26.0 Å². The number of carbonyl (C=O) groups excluding carboxylic acids is 2. The molecule has 0 aromatic heterocycles. The Morgan fingerprint density at radius 3 is 2.46 bits per heavy atom. The molecule has 0 bridgehead atoms. The van der Waals surface area contributed by atoms with E-state index < -0.39 is 0 Å². The highest BCUT2D eigenvalue weighted by molar-refractivity contribution is 5.80. The lowest BCUT2D eigenvalue weighted by Gasteiger charge is -2.56. The maximum Gasteiger partial charge on any atom is 0.302 e. The van der Waals surface area contributed by atoms with Crippen LogP contribution in [0.2, 0.25) is 0 Å². The van der Waals surface area contributed by atoms with Gasteiger partial charge in [0.25, 0.3) is 0 Å². The van der Waals surface area contributed by atoms with Crippen LogP contribution in [-0.2, 0) is 14.3 Å². The highest BCUT2D eigenvalue weighted by Crippen LogP contribution is 2.64. The second-order valence-corrected chi connectivity index (χ2v) is 9.58. The molecule has 0 amide bonds. The van der Waals surface area contributed by atoms with Crippen molar-refractivity contribution in [1.82, 2.24) is 0 Å². The number of hydrogen-bond acceptors (Lipinski definition) is 3. The maximum atomic E-state index is 12.2. The zero-order valence-corrected chi connectivity index (χ0v) is 16.6. The van der Waals surface area contributed by atoms with Crippen molar-refractivity contribution in [2.24, 2.45) is 28.6 Å². The predicted octanol–water partition coefficient (Wildman–Crippen LogP) is 5.01. The van der Waals surface area contributed by atoms with Crippen LogP contribution in [0.5, 0.6) is 0 Å².